The Kier molecular flexibility index (Phi) is 4.25. The van der Waals surface area contributed by atoms with E-state index in [0.717, 1.165) is 12.1 Å². The summed E-state index contributed by atoms with van der Waals surface area (Å²) in [5, 5.41) is 20.0. The first kappa shape index (κ1) is 15.0. The van der Waals surface area contributed by atoms with Gasteiger partial charge in [0.25, 0.3) is 0 Å². The first-order valence-electron chi connectivity index (χ1n) is 6.35. The summed E-state index contributed by atoms with van der Waals surface area (Å²) in [7, 11) is 0. The molecule has 21 heavy (non-hydrogen) atoms. The van der Waals surface area contributed by atoms with Gasteiger partial charge in [-0.1, -0.05) is 13.8 Å². The Morgan fingerprint density at radius 2 is 2.10 bits per heavy atom. The number of carboxylic acids is 1. The van der Waals surface area contributed by atoms with Crippen LogP contribution in [0.1, 0.15) is 26.3 Å². The van der Waals surface area contributed by atoms with E-state index in [2.05, 4.69) is 15.5 Å². The molecule has 112 valence electrons. The second-order valence-corrected chi connectivity index (χ2v) is 4.98. The molecule has 0 radical (unpaired) electrons. The highest BCUT2D eigenvalue weighted by Crippen LogP contribution is 2.28. The summed E-state index contributed by atoms with van der Waals surface area (Å²) < 4.78 is 28.1. The molecule has 0 aliphatic rings. The third kappa shape index (κ3) is 3.21. The molecule has 8 heteroatoms. The minimum Gasteiger partial charge on any atom is -0.481 e. The predicted octanol–water partition coefficient (Wildman–Crippen LogP) is 2.29. The van der Waals surface area contributed by atoms with Crippen molar-refractivity contribution in [3.8, 4) is 11.4 Å². The van der Waals surface area contributed by atoms with E-state index < -0.39 is 23.6 Å². The van der Waals surface area contributed by atoms with Crippen LogP contribution in [-0.4, -0.2) is 31.3 Å². The fraction of sp³-hybridized carbons (Fsp3) is 0.385. The highest BCUT2D eigenvalue weighted by atomic mass is 19.1. The second-order valence-electron chi connectivity index (χ2n) is 4.98. The van der Waals surface area contributed by atoms with Crippen molar-refractivity contribution in [3.63, 3.8) is 0 Å². The van der Waals surface area contributed by atoms with Crippen LogP contribution in [0.5, 0.6) is 0 Å². The van der Waals surface area contributed by atoms with Crippen LogP contribution >= 0.6 is 0 Å². The monoisotopic (exact) mass is 296 g/mol. The van der Waals surface area contributed by atoms with E-state index >= 15 is 0 Å². The van der Waals surface area contributed by atoms with E-state index in [9.17, 15) is 13.6 Å². The van der Waals surface area contributed by atoms with Crippen molar-refractivity contribution in [2.24, 2.45) is 5.92 Å². The molecule has 0 saturated heterocycles. The maximum absolute atomic E-state index is 13.9. The molecule has 2 rings (SSSR count). The molecule has 0 amide bonds. The number of tetrazole rings is 1. The topological polar surface area (TPSA) is 80.9 Å². The third-order valence-corrected chi connectivity index (χ3v) is 3.13. The Balaban J connectivity index is 2.48. The Morgan fingerprint density at radius 1 is 1.38 bits per heavy atom. The number of halogens is 2. The van der Waals surface area contributed by atoms with Crippen LogP contribution in [0.3, 0.4) is 0 Å². The van der Waals surface area contributed by atoms with Crippen LogP contribution in [0.25, 0.3) is 11.4 Å². The minimum atomic E-state index is -1.00. The Bertz CT molecular complexity index is 657. The number of hydrogen-bond donors (Lipinski definition) is 1. The largest absolute Gasteiger partial charge is 0.481 e. The molecule has 0 saturated carbocycles. The number of nitrogens with zero attached hydrogens (tertiary/aromatic N) is 4. The molecule has 1 atom stereocenters. The van der Waals surface area contributed by atoms with Crippen LogP contribution in [0.2, 0.25) is 0 Å². The van der Waals surface area contributed by atoms with Gasteiger partial charge < -0.3 is 5.11 Å². The summed E-state index contributed by atoms with van der Waals surface area (Å²) in [5.41, 5.74) is 0.0254. The van der Waals surface area contributed by atoms with E-state index in [1.807, 2.05) is 13.8 Å². The van der Waals surface area contributed by atoms with Gasteiger partial charge in [0.2, 0.25) is 0 Å². The molecule has 1 heterocycles. The molecule has 0 aliphatic carbocycles. The molecule has 1 aromatic heterocycles. The molecular weight excluding hydrogens is 282 g/mol. The van der Waals surface area contributed by atoms with Gasteiger partial charge in [-0.2, -0.15) is 0 Å². The lowest BCUT2D eigenvalue weighted by molar-refractivity contribution is -0.138. The fourth-order valence-corrected chi connectivity index (χ4v) is 2.05. The average molecular weight is 296 g/mol. The van der Waals surface area contributed by atoms with E-state index in [1.54, 1.807) is 0 Å². The number of hydrogen-bond acceptors (Lipinski definition) is 4. The van der Waals surface area contributed by atoms with Gasteiger partial charge in [-0.3, -0.25) is 4.79 Å². The van der Waals surface area contributed by atoms with E-state index in [4.69, 9.17) is 5.11 Å². The summed E-state index contributed by atoms with van der Waals surface area (Å²) in [6.45, 7) is 3.64. The van der Waals surface area contributed by atoms with Crippen molar-refractivity contribution in [2.75, 3.05) is 0 Å². The van der Waals surface area contributed by atoms with Gasteiger partial charge in [-0.25, -0.2) is 13.5 Å². The van der Waals surface area contributed by atoms with Gasteiger partial charge in [0.1, 0.15) is 11.6 Å². The average Bonchev–Trinajstić information content (AvgIpc) is 2.84. The molecule has 0 fully saturated rings. The van der Waals surface area contributed by atoms with Gasteiger partial charge in [-0.15, -0.1) is 5.10 Å². The fourth-order valence-electron chi connectivity index (χ4n) is 2.05. The van der Waals surface area contributed by atoms with Crippen LogP contribution in [-0.2, 0) is 4.79 Å². The molecule has 0 aliphatic heterocycles. The Morgan fingerprint density at radius 3 is 2.67 bits per heavy atom. The number of carbonyl (C=O) groups is 1. The lowest BCUT2D eigenvalue weighted by Gasteiger charge is -2.20. The van der Waals surface area contributed by atoms with Gasteiger partial charge in [0.05, 0.1) is 18.0 Å². The van der Waals surface area contributed by atoms with E-state index in [-0.39, 0.29) is 23.7 Å². The Labute approximate surface area is 119 Å². The molecule has 1 N–H and O–H groups in total. The van der Waals surface area contributed by atoms with Crippen LogP contribution in [0.4, 0.5) is 8.78 Å². The maximum Gasteiger partial charge on any atom is 0.305 e. The molecule has 0 spiro atoms. The van der Waals surface area contributed by atoms with Gasteiger partial charge in [0, 0.05) is 6.07 Å². The smallest absolute Gasteiger partial charge is 0.305 e. The quantitative estimate of drug-likeness (QED) is 0.915. The lowest BCUT2D eigenvalue weighted by Crippen LogP contribution is -2.21. The number of rotatable bonds is 5. The van der Waals surface area contributed by atoms with Gasteiger partial charge in [0.15, 0.2) is 5.82 Å². The van der Waals surface area contributed by atoms with Crippen molar-refractivity contribution in [1.29, 1.82) is 0 Å². The van der Waals surface area contributed by atoms with Gasteiger partial charge >= 0.3 is 5.97 Å². The van der Waals surface area contributed by atoms with E-state index in [1.165, 1.54) is 10.7 Å². The second kappa shape index (κ2) is 5.94. The first-order valence-corrected chi connectivity index (χ1v) is 6.35. The predicted molar refractivity (Wildman–Crippen MR) is 69.3 cm³/mol. The number of benzene rings is 1. The summed E-state index contributed by atoms with van der Waals surface area (Å²) >= 11 is 0. The number of aromatic nitrogens is 4. The number of carboxylic acid groups (broad SMARTS) is 1. The van der Waals surface area contributed by atoms with Crippen molar-refractivity contribution in [2.45, 2.75) is 26.3 Å². The Hall–Kier alpha value is -2.38. The van der Waals surface area contributed by atoms with E-state index in [0.29, 0.717) is 0 Å². The van der Waals surface area contributed by atoms with Crippen molar-refractivity contribution >= 4 is 5.97 Å². The number of aliphatic carboxylic acids is 1. The van der Waals surface area contributed by atoms with Gasteiger partial charge in [-0.05, 0) is 28.5 Å². The first-order chi connectivity index (χ1) is 9.90. The lowest BCUT2D eigenvalue weighted by atomic mass is 10.0. The highest BCUT2D eigenvalue weighted by molar-refractivity contribution is 5.67. The minimum absolute atomic E-state index is 0.0254. The van der Waals surface area contributed by atoms with Crippen LogP contribution < -0.4 is 0 Å². The van der Waals surface area contributed by atoms with Crippen LogP contribution in [0, 0.1) is 17.6 Å². The zero-order valence-electron chi connectivity index (χ0n) is 11.5. The maximum atomic E-state index is 13.9. The van der Waals surface area contributed by atoms with Crippen LogP contribution in [0.15, 0.2) is 18.2 Å². The third-order valence-electron chi connectivity index (χ3n) is 3.13. The van der Waals surface area contributed by atoms with Crippen molar-refractivity contribution in [1.82, 2.24) is 20.2 Å². The molecular formula is C13H14F2N4O2. The zero-order chi connectivity index (χ0) is 15.6. The summed E-state index contributed by atoms with van der Waals surface area (Å²) in [4.78, 5) is 11.0. The molecule has 6 nitrogen and oxygen atoms in total. The summed E-state index contributed by atoms with van der Waals surface area (Å²) in [6, 6.07) is 2.52. The molecule has 0 bridgehead atoms. The molecule has 1 unspecified atom stereocenters. The summed E-state index contributed by atoms with van der Waals surface area (Å²) in [5.74, 6) is -2.51. The highest BCUT2D eigenvalue weighted by Gasteiger charge is 2.25. The SMILES string of the molecule is CC(C)C(CC(=O)O)n1nnnc1-c1ccc(F)cc1F. The van der Waals surface area contributed by atoms with Crippen molar-refractivity contribution in [3.05, 3.63) is 29.8 Å². The zero-order valence-corrected chi connectivity index (χ0v) is 11.5. The molecule has 2 aromatic rings. The summed E-state index contributed by atoms with van der Waals surface area (Å²) in [6.07, 6.45) is -0.196. The normalized spacial score (nSPS) is 12.6. The van der Waals surface area contributed by atoms with Crippen molar-refractivity contribution < 1.29 is 18.7 Å². The molecule has 1 aromatic carbocycles. The standard InChI is InChI=1S/C13H14F2N4O2/c1-7(2)11(6-12(20)21)19-13(16-17-18-19)9-4-3-8(14)5-10(9)15/h3-5,7,11H,6H2,1-2H3,(H,20,21).